The van der Waals surface area contributed by atoms with E-state index < -0.39 is 27.6 Å². The Bertz CT molecular complexity index is 1170. The van der Waals surface area contributed by atoms with Crippen LogP contribution in [0.2, 0.25) is 0 Å². The topological polar surface area (TPSA) is 133 Å². The number of nitriles is 1. The third kappa shape index (κ3) is 3.82. The highest BCUT2D eigenvalue weighted by atomic mass is 32.2. The summed E-state index contributed by atoms with van der Waals surface area (Å²) in [6.45, 7) is 6.49. The fourth-order valence-corrected chi connectivity index (χ4v) is 4.57. The van der Waals surface area contributed by atoms with Gasteiger partial charge in [0.15, 0.2) is 11.4 Å². The minimum atomic E-state index is -4.07. The highest BCUT2D eigenvalue weighted by Gasteiger charge is 2.40. The highest BCUT2D eigenvalue weighted by molar-refractivity contribution is 7.89. The lowest BCUT2D eigenvalue weighted by Gasteiger charge is -2.28. The normalized spacial score (nSPS) is 19.4. The number of rotatable bonds is 4. The average Bonchev–Trinajstić information content (AvgIpc) is 2.97. The van der Waals surface area contributed by atoms with Gasteiger partial charge in [-0.15, -0.1) is 6.58 Å². The van der Waals surface area contributed by atoms with Crippen LogP contribution in [0.15, 0.2) is 41.9 Å². The van der Waals surface area contributed by atoms with Gasteiger partial charge in [-0.25, -0.2) is 13.1 Å². The molecule has 0 radical (unpaired) electrons. The number of nitrogens with zero attached hydrogens (tertiary/aromatic N) is 2. The van der Waals surface area contributed by atoms with E-state index in [2.05, 4.69) is 16.6 Å². The van der Waals surface area contributed by atoms with Crippen molar-refractivity contribution in [2.24, 2.45) is 7.05 Å². The molecule has 1 aliphatic heterocycles. The van der Waals surface area contributed by atoms with Crippen molar-refractivity contribution >= 4 is 21.6 Å². The summed E-state index contributed by atoms with van der Waals surface area (Å²) in [5, 5.41) is 22.2. The number of benzene rings is 1. The molecule has 0 fully saturated rings. The number of aryl methyl sites for hydroxylation is 2. The van der Waals surface area contributed by atoms with Gasteiger partial charge < -0.3 is 19.7 Å². The standard InChI is InChI=1S/C20H22N4O5S/c1-5-20(3,26)16-11-29-18-15(30(27,28)23-16)10-24(4)17(18)19(25)22-14-7-6-12(2)13(8-14)9-21/h5-8,10,16,23,26H,1,11H2,2-4H3,(H,22,25)/t16-,20+/m0/s1. The van der Waals surface area contributed by atoms with Crippen molar-refractivity contribution in [3.05, 3.63) is 53.9 Å². The number of hydrogen-bond acceptors (Lipinski definition) is 6. The summed E-state index contributed by atoms with van der Waals surface area (Å²) in [4.78, 5) is 12.7. The Balaban J connectivity index is 1.99. The molecule has 1 aromatic heterocycles. The molecule has 1 aliphatic rings. The van der Waals surface area contributed by atoms with Crippen molar-refractivity contribution in [1.29, 1.82) is 5.26 Å². The lowest BCUT2D eigenvalue weighted by molar-refractivity contribution is 0.0555. The number of aromatic nitrogens is 1. The molecule has 1 amide bonds. The van der Waals surface area contributed by atoms with Gasteiger partial charge in [0.05, 0.1) is 23.3 Å². The molecule has 30 heavy (non-hydrogen) atoms. The van der Waals surface area contributed by atoms with Crippen molar-refractivity contribution in [2.45, 2.75) is 30.4 Å². The van der Waals surface area contributed by atoms with Crippen LogP contribution < -0.4 is 14.8 Å². The van der Waals surface area contributed by atoms with E-state index in [4.69, 9.17) is 4.74 Å². The van der Waals surface area contributed by atoms with Crippen LogP contribution in [0.1, 0.15) is 28.5 Å². The molecule has 0 saturated carbocycles. The molecular formula is C20H22N4O5S. The van der Waals surface area contributed by atoms with Crippen LogP contribution in [0.5, 0.6) is 5.75 Å². The van der Waals surface area contributed by atoms with Crippen molar-refractivity contribution in [3.63, 3.8) is 0 Å². The van der Waals surface area contributed by atoms with E-state index in [0.29, 0.717) is 11.3 Å². The Kier molecular flexibility index (Phi) is 5.47. The fourth-order valence-electron chi connectivity index (χ4n) is 3.06. The van der Waals surface area contributed by atoms with Crippen LogP contribution in [0.25, 0.3) is 0 Å². The van der Waals surface area contributed by atoms with Gasteiger partial charge in [-0.1, -0.05) is 12.1 Å². The number of ether oxygens (including phenoxy) is 1. The summed E-state index contributed by atoms with van der Waals surface area (Å²) in [7, 11) is -2.55. The maximum Gasteiger partial charge on any atom is 0.276 e. The number of carbonyl (C=O) groups is 1. The van der Waals surface area contributed by atoms with Crippen molar-refractivity contribution in [1.82, 2.24) is 9.29 Å². The van der Waals surface area contributed by atoms with Crippen LogP contribution in [-0.2, 0) is 17.1 Å². The molecule has 0 bridgehead atoms. The molecule has 3 N–H and O–H groups in total. The van der Waals surface area contributed by atoms with Crippen molar-refractivity contribution in [3.8, 4) is 11.8 Å². The van der Waals surface area contributed by atoms with Crippen molar-refractivity contribution in [2.75, 3.05) is 11.9 Å². The second-order valence-corrected chi connectivity index (χ2v) is 8.97. The number of hydrogen-bond donors (Lipinski definition) is 3. The van der Waals surface area contributed by atoms with E-state index in [1.165, 1.54) is 36.9 Å². The smallest absolute Gasteiger partial charge is 0.276 e. The third-order valence-corrected chi connectivity index (χ3v) is 6.50. The van der Waals surface area contributed by atoms with E-state index in [1.807, 2.05) is 6.07 Å². The number of aliphatic hydroxyl groups is 1. The zero-order valence-electron chi connectivity index (χ0n) is 16.8. The summed E-state index contributed by atoms with van der Waals surface area (Å²) >= 11 is 0. The van der Waals surface area contributed by atoms with E-state index in [1.54, 1.807) is 19.1 Å². The molecule has 0 unspecified atom stereocenters. The Labute approximate surface area is 174 Å². The minimum absolute atomic E-state index is 0.00615. The molecule has 0 spiro atoms. The van der Waals surface area contributed by atoms with E-state index in [-0.39, 0.29) is 22.9 Å². The maximum atomic E-state index is 12.9. The number of amides is 1. The van der Waals surface area contributed by atoms with Crippen LogP contribution >= 0.6 is 0 Å². The summed E-state index contributed by atoms with van der Waals surface area (Å²) < 4.78 is 35.1. The fraction of sp³-hybridized carbons (Fsp3) is 0.300. The number of fused-ring (bicyclic) bond motifs is 1. The molecule has 2 aromatic rings. The molecule has 158 valence electrons. The first-order valence-electron chi connectivity index (χ1n) is 9.02. The molecule has 0 saturated heterocycles. The summed E-state index contributed by atoms with van der Waals surface area (Å²) in [5.41, 5.74) is 0.00382. The zero-order chi connectivity index (χ0) is 22.3. The van der Waals surface area contributed by atoms with E-state index in [9.17, 15) is 23.6 Å². The Morgan fingerprint density at radius 3 is 2.87 bits per heavy atom. The van der Waals surface area contributed by atoms with Gasteiger partial charge in [0.1, 0.15) is 11.5 Å². The highest BCUT2D eigenvalue weighted by Crippen LogP contribution is 2.34. The lowest BCUT2D eigenvalue weighted by atomic mass is 9.98. The second-order valence-electron chi connectivity index (χ2n) is 7.29. The van der Waals surface area contributed by atoms with Gasteiger partial charge in [-0.2, -0.15) is 5.26 Å². The molecule has 2 atom stereocenters. The first-order valence-corrected chi connectivity index (χ1v) is 10.5. The predicted molar refractivity (Wildman–Crippen MR) is 110 cm³/mol. The Morgan fingerprint density at radius 2 is 2.23 bits per heavy atom. The zero-order valence-corrected chi connectivity index (χ0v) is 17.6. The van der Waals surface area contributed by atoms with E-state index >= 15 is 0 Å². The molecule has 9 nitrogen and oxygen atoms in total. The number of nitrogens with one attached hydrogen (secondary N) is 2. The van der Waals surface area contributed by atoms with E-state index in [0.717, 1.165) is 5.56 Å². The van der Waals surface area contributed by atoms with Crippen molar-refractivity contribution < 1.29 is 23.1 Å². The van der Waals surface area contributed by atoms with Crippen LogP contribution in [0.4, 0.5) is 5.69 Å². The van der Waals surface area contributed by atoms with Gasteiger partial charge in [0.2, 0.25) is 10.0 Å². The summed E-state index contributed by atoms with van der Waals surface area (Å²) in [6.07, 6.45) is 2.49. The Morgan fingerprint density at radius 1 is 1.53 bits per heavy atom. The Hall–Kier alpha value is -3.13. The average molecular weight is 430 g/mol. The largest absolute Gasteiger partial charge is 0.488 e. The molecule has 1 aromatic carbocycles. The SMILES string of the molecule is C=C[C@@](C)(O)[C@@H]1COc2c(cn(C)c2C(=O)Nc2ccc(C)c(C#N)c2)S(=O)(=O)N1. The monoisotopic (exact) mass is 430 g/mol. The third-order valence-electron chi connectivity index (χ3n) is 5.03. The second kappa shape index (κ2) is 7.60. The predicted octanol–water partition coefficient (Wildman–Crippen LogP) is 1.43. The van der Waals surface area contributed by atoms with Gasteiger partial charge in [0.25, 0.3) is 5.91 Å². The van der Waals surface area contributed by atoms with Gasteiger partial charge >= 0.3 is 0 Å². The lowest BCUT2D eigenvalue weighted by Crippen LogP contribution is -2.51. The summed E-state index contributed by atoms with van der Waals surface area (Å²) in [6, 6.07) is 5.93. The molecular weight excluding hydrogens is 408 g/mol. The van der Waals surface area contributed by atoms with Gasteiger partial charge in [0, 0.05) is 18.9 Å². The number of sulfonamides is 1. The molecule has 2 heterocycles. The maximum absolute atomic E-state index is 12.9. The number of carbonyl (C=O) groups excluding carboxylic acids is 1. The van der Waals surface area contributed by atoms with Crippen LogP contribution in [0.3, 0.4) is 0 Å². The number of anilines is 1. The minimum Gasteiger partial charge on any atom is -0.488 e. The van der Waals surface area contributed by atoms with Crippen LogP contribution in [0, 0.1) is 18.3 Å². The first-order chi connectivity index (χ1) is 14.0. The summed E-state index contributed by atoms with van der Waals surface area (Å²) in [5.74, 6) is -0.715. The first kappa shape index (κ1) is 21.6. The van der Waals surface area contributed by atoms with Crippen LogP contribution in [-0.4, -0.2) is 42.2 Å². The molecule has 0 aliphatic carbocycles. The van der Waals surface area contributed by atoms with Gasteiger partial charge in [-0.05, 0) is 31.5 Å². The van der Waals surface area contributed by atoms with Gasteiger partial charge in [-0.3, -0.25) is 4.79 Å². The quantitative estimate of drug-likeness (QED) is 0.629. The molecule has 3 rings (SSSR count). The molecule has 10 heteroatoms.